The minimum absolute atomic E-state index is 0.0927. The zero-order valence-electron chi connectivity index (χ0n) is 10.6. The van der Waals surface area contributed by atoms with Gasteiger partial charge in [0.1, 0.15) is 5.60 Å². The van der Waals surface area contributed by atoms with Gasteiger partial charge in [-0.05, 0) is 27.7 Å². The van der Waals surface area contributed by atoms with Gasteiger partial charge in [0.15, 0.2) is 0 Å². The minimum Gasteiger partial charge on any atom is -0.469 e. The fourth-order valence-corrected chi connectivity index (χ4v) is 1.04. The monoisotopic (exact) mass is 231 g/mol. The standard InChI is InChI=1S/C11H21NO4/c1-8(6-9(13)15-5)12-7-10(14)16-11(2,3)4/h8,12H,6-7H2,1-5H3. The third-order valence-electron chi connectivity index (χ3n) is 1.72. The van der Waals surface area contributed by atoms with Crippen LogP contribution in [0.15, 0.2) is 0 Å². The Morgan fingerprint density at radius 1 is 1.25 bits per heavy atom. The van der Waals surface area contributed by atoms with Gasteiger partial charge >= 0.3 is 11.9 Å². The summed E-state index contributed by atoms with van der Waals surface area (Å²) < 4.78 is 9.61. The number of rotatable bonds is 5. The Labute approximate surface area is 96.5 Å². The normalized spacial score (nSPS) is 13.1. The lowest BCUT2D eigenvalue weighted by Crippen LogP contribution is -2.36. The maximum Gasteiger partial charge on any atom is 0.320 e. The molecule has 0 aromatic heterocycles. The third-order valence-corrected chi connectivity index (χ3v) is 1.72. The van der Waals surface area contributed by atoms with E-state index >= 15 is 0 Å². The maximum absolute atomic E-state index is 11.3. The maximum atomic E-state index is 11.3. The van der Waals surface area contributed by atoms with E-state index in [9.17, 15) is 9.59 Å². The molecule has 5 heteroatoms. The van der Waals surface area contributed by atoms with Gasteiger partial charge in [0.25, 0.3) is 0 Å². The lowest BCUT2D eigenvalue weighted by Gasteiger charge is -2.20. The molecule has 0 bridgehead atoms. The van der Waals surface area contributed by atoms with Crippen LogP contribution in [0, 0.1) is 0 Å². The Balaban J connectivity index is 3.79. The van der Waals surface area contributed by atoms with Crippen molar-refractivity contribution in [3.8, 4) is 0 Å². The van der Waals surface area contributed by atoms with Crippen molar-refractivity contribution in [2.24, 2.45) is 0 Å². The average Bonchev–Trinajstić information content (AvgIpc) is 2.12. The van der Waals surface area contributed by atoms with E-state index in [1.165, 1.54) is 7.11 Å². The minimum atomic E-state index is -0.482. The number of hydrogen-bond donors (Lipinski definition) is 1. The van der Waals surface area contributed by atoms with E-state index in [4.69, 9.17) is 4.74 Å². The summed E-state index contributed by atoms with van der Waals surface area (Å²) >= 11 is 0. The first-order valence-electron chi connectivity index (χ1n) is 5.26. The van der Waals surface area contributed by atoms with Crippen LogP contribution in [-0.2, 0) is 19.1 Å². The van der Waals surface area contributed by atoms with Crippen LogP contribution in [0.5, 0.6) is 0 Å². The topological polar surface area (TPSA) is 64.6 Å². The Morgan fingerprint density at radius 2 is 1.81 bits per heavy atom. The van der Waals surface area contributed by atoms with Crippen molar-refractivity contribution >= 4 is 11.9 Å². The van der Waals surface area contributed by atoms with Crippen LogP contribution in [0.2, 0.25) is 0 Å². The molecule has 94 valence electrons. The van der Waals surface area contributed by atoms with Gasteiger partial charge in [0, 0.05) is 6.04 Å². The van der Waals surface area contributed by atoms with E-state index in [1.807, 2.05) is 20.8 Å². The van der Waals surface area contributed by atoms with E-state index in [0.29, 0.717) is 0 Å². The van der Waals surface area contributed by atoms with Gasteiger partial charge in [-0.1, -0.05) is 0 Å². The molecule has 0 aliphatic heterocycles. The van der Waals surface area contributed by atoms with Crippen LogP contribution in [0.4, 0.5) is 0 Å². The van der Waals surface area contributed by atoms with Crippen LogP contribution in [0.1, 0.15) is 34.1 Å². The summed E-state index contributed by atoms with van der Waals surface area (Å²) in [6.45, 7) is 7.32. The second kappa shape index (κ2) is 6.48. The smallest absolute Gasteiger partial charge is 0.320 e. The first-order chi connectivity index (χ1) is 7.24. The molecule has 0 heterocycles. The predicted octanol–water partition coefficient (Wildman–Crippen LogP) is 0.869. The fraction of sp³-hybridized carbons (Fsp3) is 0.818. The van der Waals surface area contributed by atoms with Gasteiger partial charge in [-0.2, -0.15) is 0 Å². The molecule has 0 fully saturated rings. The summed E-state index contributed by atoms with van der Waals surface area (Å²) in [5.74, 6) is -0.631. The number of carbonyl (C=O) groups excluding carboxylic acids is 2. The largest absolute Gasteiger partial charge is 0.469 e. The molecule has 1 N–H and O–H groups in total. The molecular formula is C11H21NO4. The molecule has 0 saturated heterocycles. The molecule has 0 radical (unpaired) electrons. The summed E-state index contributed by atoms with van der Waals surface area (Å²) in [6, 6.07) is -0.111. The molecular weight excluding hydrogens is 210 g/mol. The van der Waals surface area contributed by atoms with Crippen molar-refractivity contribution in [2.75, 3.05) is 13.7 Å². The van der Waals surface area contributed by atoms with Crippen molar-refractivity contribution in [3.63, 3.8) is 0 Å². The first kappa shape index (κ1) is 14.9. The van der Waals surface area contributed by atoms with Gasteiger partial charge in [-0.25, -0.2) is 0 Å². The zero-order valence-corrected chi connectivity index (χ0v) is 10.6. The van der Waals surface area contributed by atoms with Gasteiger partial charge in [0.05, 0.1) is 20.1 Å². The first-order valence-corrected chi connectivity index (χ1v) is 5.26. The highest BCUT2D eigenvalue weighted by atomic mass is 16.6. The Hall–Kier alpha value is -1.10. The second-order valence-corrected chi connectivity index (χ2v) is 4.65. The van der Waals surface area contributed by atoms with E-state index in [-0.39, 0.29) is 30.9 Å². The Kier molecular flexibility index (Phi) is 6.03. The van der Waals surface area contributed by atoms with Crippen molar-refractivity contribution in [3.05, 3.63) is 0 Å². The van der Waals surface area contributed by atoms with Crippen molar-refractivity contribution in [1.82, 2.24) is 5.32 Å². The van der Waals surface area contributed by atoms with Crippen LogP contribution in [0.25, 0.3) is 0 Å². The van der Waals surface area contributed by atoms with Crippen molar-refractivity contribution in [1.29, 1.82) is 0 Å². The van der Waals surface area contributed by atoms with Crippen LogP contribution in [0.3, 0.4) is 0 Å². The molecule has 0 amide bonds. The molecule has 0 aromatic rings. The van der Waals surface area contributed by atoms with E-state index < -0.39 is 5.60 Å². The molecule has 1 unspecified atom stereocenters. The lowest BCUT2D eigenvalue weighted by molar-refractivity contribution is -0.154. The number of esters is 2. The van der Waals surface area contributed by atoms with E-state index in [2.05, 4.69) is 10.1 Å². The lowest BCUT2D eigenvalue weighted by atomic mass is 10.2. The van der Waals surface area contributed by atoms with Crippen molar-refractivity contribution in [2.45, 2.75) is 45.8 Å². The van der Waals surface area contributed by atoms with E-state index in [0.717, 1.165) is 0 Å². The predicted molar refractivity (Wildman–Crippen MR) is 59.9 cm³/mol. The molecule has 5 nitrogen and oxygen atoms in total. The van der Waals surface area contributed by atoms with Crippen LogP contribution in [-0.4, -0.2) is 37.2 Å². The number of ether oxygens (including phenoxy) is 2. The summed E-state index contributed by atoms with van der Waals surface area (Å²) in [5.41, 5.74) is -0.482. The SMILES string of the molecule is COC(=O)CC(C)NCC(=O)OC(C)(C)C. The highest BCUT2D eigenvalue weighted by Crippen LogP contribution is 2.06. The second-order valence-electron chi connectivity index (χ2n) is 4.65. The molecule has 0 aromatic carbocycles. The molecule has 16 heavy (non-hydrogen) atoms. The molecule has 0 spiro atoms. The Morgan fingerprint density at radius 3 is 2.25 bits per heavy atom. The summed E-state index contributed by atoms with van der Waals surface area (Å²) in [6.07, 6.45) is 0.235. The zero-order chi connectivity index (χ0) is 12.8. The third kappa shape index (κ3) is 8.23. The summed E-state index contributed by atoms with van der Waals surface area (Å²) in [4.78, 5) is 22.2. The quantitative estimate of drug-likeness (QED) is 0.711. The molecule has 1 atom stereocenters. The number of hydrogen-bond acceptors (Lipinski definition) is 5. The Bertz CT molecular complexity index is 245. The number of nitrogens with one attached hydrogen (secondary N) is 1. The number of methoxy groups -OCH3 is 1. The van der Waals surface area contributed by atoms with Gasteiger partial charge < -0.3 is 14.8 Å². The highest BCUT2D eigenvalue weighted by molar-refractivity contribution is 5.72. The fourth-order valence-electron chi connectivity index (χ4n) is 1.04. The van der Waals surface area contributed by atoms with E-state index in [1.54, 1.807) is 6.92 Å². The summed E-state index contributed by atoms with van der Waals surface area (Å²) in [7, 11) is 1.34. The van der Waals surface area contributed by atoms with Gasteiger partial charge in [0.2, 0.25) is 0 Å². The highest BCUT2D eigenvalue weighted by Gasteiger charge is 2.17. The van der Waals surface area contributed by atoms with Gasteiger partial charge in [-0.15, -0.1) is 0 Å². The molecule has 0 aliphatic rings. The van der Waals surface area contributed by atoms with Crippen molar-refractivity contribution < 1.29 is 19.1 Å². The van der Waals surface area contributed by atoms with Crippen LogP contribution >= 0.6 is 0 Å². The molecule has 0 aliphatic carbocycles. The van der Waals surface area contributed by atoms with Gasteiger partial charge in [-0.3, -0.25) is 9.59 Å². The average molecular weight is 231 g/mol. The summed E-state index contributed by atoms with van der Waals surface area (Å²) in [5, 5.41) is 2.89. The molecule has 0 saturated carbocycles. The number of carbonyl (C=O) groups is 2. The van der Waals surface area contributed by atoms with Crippen LogP contribution < -0.4 is 5.32 Å². The molecule has 0 rings (SSSR count).